The third-order valence-corrected chi connectivity index (χ3v) is 4.36. The molecule has 1 amide bonds. The summed E-state index contributed by atoms with van der Waals surface area (Å²) in [4.78, 5) is 18.2. The Balaban J connectivity index is 0.00000338. The van der Waals surface area contributed by atoms with Crippen molar-refractivity contribution in [2.24, 2.45) is 4.99 Å². The maximum atomic E-state index is 12.0. The van der Waals surface area contributed by atoms with Gasteiger partial charge in [-0.05, 0) is 53.4 Å². The summed E-state index contributed by atoms with van der Waals surface area (Å²) < 4.78 is 0. The number of halogens is 1. The zero-order chi connectivity index (χ0) is 18.1. The lowest BCUT2D eigenvalue weighted by atomic mass is 10.1. The Labute approximate surface area is 176 Å². The number of thiophene rings is 1. The predicted molar refractivity (Wildman–Crippen MR) is 121 cm³/mol. The lowest BCUT2D eigenvalue weighted by Crippen LogP contribution is -2.38. The fourth-order valence-electron chi connectivity index (χ4n) is 2.34. The second-order valence-corrected chi connectivity index (χ2v) is 6.68. The predicted octanol–water partition coefficient (Wildman–Crippen LogP) is 3.37. The van der Waals surface area contributed by atoms with E-state index in [0.717, 1.165) is 36.6 Å². The van der Waals surface area contributed by atoms with Crippen LogP contribution in [0.15, 0.2) is 46.1 Å². The molecule has 2 rings (SSSR count). The van der Waals surface area contributed by atoms with Crippen LogP contribution in [0.1, 0.15) is 28.4 Å². The molecule has 0 aliphatic heterocycles. The Bertz CT molecular complexity index is 701. The molecule has 142 valence electrons. The summed E-state index contributed by atoms with van der Waals surface area (Å²) >= 11 is 1.68. The van der Waals surface area contributed by atoms with Gasteiger partial charge in [-0.1, -0.05) is 12.1 Å². The first kappa shape index (κ1) is 22.4. The molecule has 0 saturated carbocycles. The molecule has 0 saturated heterocycles. The molecule has 0 aliphatic carbocycles. The van der Waals surface area contributed by atoms with Crippen LogP contribution in [0.5, 0.6) is 0 Å². The quantitative estimate of drug-likeness (QED) is 0.359. The highest BCUT2D eigenvalue weighted by Crippen LogP contribution is 2.08. The van der Waals surface area contributed by atoms with Gasteiger partial charge >= 0.3 is 0 Å². The second-order valence-electron chi connectivity index (χ2n) is 5.90. The third kappa shape index (κ3) is 7.33. The molecule has 2 N–H and O–H groups in total. The number of benzene rings is 1. The summed E-state index contributed by atoms with van der Waals surface area (Å²) in [6, 6.07) is 9.88. The van der Waals surface area contributed by atoms with E-state index in [4.69, 9.17) is 0 Å². The first-order valence-electron chi connectivity index (χ1n) is 8.44. The second kappa shape index (κ2) is 11.9. The largest absolute Gasteiger partial charge is 0.357 e. The van der Waals surface area contributed by atoms with Crippen LogP contribution in [0.3, 0.4) is 0 Å². The van der Waals surface area contributed by atoms with Crippen molar-refractivity contribution < 1.29 is 4.79 Å². The molecule has 1 heterocycles. The number of carbonyl (C=O) groups excluding carboxylic acids is 1. The van der Waals surface area contributed by atoms with Crippen molar-refractivity contribution in [3.8, 4) is 0 Å². The van der Waals surface area contributed by atoms with Gasteiger partial charge in [0.25, 0.3) is 5.91 Å². The SMILES string of the molecule is CCNC(=NCc1ccsc1)NCCc1cccc(C(=O)N(C)C)c1.I. The van der Waals surface area contributed by atoms with E-state index < -0.39 is 0 Å². The van der Waals surface area contributed by atoms with E-state index in [1.807, 2.05) is 24.3 Å². The normalized spacial score (nSPS) is 10.8. The minimum Gasteiger partial charge on any atom is -0.357 e. The van der Waals surface area contributed by atoms with Crippen molar-refractivity contribution in [1.29, 1.82) is 0 Å². The van der Waals surface area contributed by atoms with E-state index in [2.05, 4.69) is 39.4 Å². The van der Waals surface area contributed by atoms with E-state index in [1.54, 1.807) is 30.3 Å². The molecule has 0 atom stereocenters. The first-order valence-corrected chi connectivity index (χ1v) is 9.38. The minimum atomic E-state index is 0. The summed E-state index contributed by atoms with van der Waals surface area (Å²) in [5.74, 6) is 0.842. The number of nitrogens with zero attached hydrogens (tertiary/aromatic N) is 2. The molecular weight excluding hydrogens is 459 g/mol. The van der Waals surface area contributed by atoms with E-state index in [-0.39, 0.29) is 29.9 Å². The van der Waals surface area contributed by atoms with Gasteiger partial charge in [-0.3, -0.25) is 4.79 Å². The van der Waals surface area contributed by atoms with Gasteiger partial charge in [-0.25, -0.2) is 4.99 Å². The van der Waals surface area contributed by atoms with Crippen molar-refractivity contribution >= 4 is 47.2 Å². The third-order valence-electron chi connectivity index (χ3n) is 3.63. The molecule has 0 spiro atoms. The molecular formula is C19H27IN4OS. The van der Waals surface area contributed by atoms with Crippen molar-refractivity contribution in [2.75, 3.05) is 27.2 Å². The van der Waals surface area contributed by atoms with Crippen molar-refractivity contribution in [3.05, 3.63) is 57.8 Å². The van der Waals surface area contributed by atoms with Crippen LogP contribution in [0.2, 0.25) is 0 Å². The highest BCUT2D eigenvalue weighted by Gasteiger charge is 2.08. The summed E-state index contributed by atoms with van der Waals surface area (Å²) in [7, 11) is 3.53. The Kier molecular flexibility index (Phi) is 10.3. The number of rotatable bonds is 7. The van der Waals surface area contributed by atoms with Crippen LogP contribution in [0.25, 0.3) is 0 Å². The van der Waals surface area contributed by atoms with Gasteiger partial charge in [0.05, 0.1) is 6.54 Å². The van der Waals surface area contributed by atoms with Crippen molar-refractivity contribution in [3.63, 3.8) is 0 Å². The Morgan fingerprint density at radius 2 is 2.00 bits per heavy atom. The standard InChI is InChI=1S/C19H26N4OS.HI/c1-4-20-19(22-13-16-9-11-25-14-16)21-10-8-15-6-5-7-17(12-15)18(24)23(2)3;/h5-7,9,11-12,14H,4,8,10,13H2,1-3H3,(H2,20,21,22);1H. The maximum absolute atomic E-state index is 12.0. The van der Waals surface area contributed by atoms with Crippen LogP contribution in [-0.4, -0.2) is 44.0 Å². The van der Waals surface area contributed by atoms with Gasteiger partial charge in [0.1, 0.15) is 0 Å². The number of aliphatic imine (C=N–C) groups is 1. The summed E-state index contributed by atoms with van der Waals surface area (Å²) in [5, 5.41) is 10.8. The molecule has 0 bridgehead atoms. The maximum Gasteiger partial charge on any atom is 0.253 e. The van der Waals surface area contributed by atoms with Crippen molar-refractivity contribution in [1.82, 2.24) is 15.5 Å². The van der Waals surface area contributed by atoms with Crippen molar-refractivity contribution in [2.45, 2.75) is 19.9 Å². The van der Waals surface area contributed by atoms with E-state index in [0.29, 0.717) is 6.54 Å². The van der Waals surface area contributed by atoms with Crippen LogP contribution in [0.4, 0.5) is 0 Å². The number of guanidine groups is 1. The summed E-state index contributed by atoms with van der Waals surface area (Å²) in [5.41, 5.74) is 3.08. The molecule has 5 nitrogen and oxygen atoms in total. The Morgan fingerprint density at radius 1 is 1.19 bits per heavy atom. The lowest BCUT2D eigenvalue weighted by molar-refractivity contribution is 0.0827. The molecule has 2 aromatic rings. The van der Waals surface area contributed by atoms with Gasteiger partial charge < -0.3 is 15.5 Å². The molecule has 0 aliphatic rings. The van der Waals surface area contributed by atoms with Gasteiger partial charge in [-0.2, -0.15) is 11.3 Å². The van der Waals surface area contributed by atoms with E-state index in [9.17, 15) is 4.79 Å². The zero-order valence-electron chi connectivity index (χ0n) is 15.5. The van der Waals surface area contributed by atoms with Gasteiger partial charge in [0, 0.05) is 32.7 Å². The molecule has 26 heavy (non-hydrogen) atoms. The summed E-state index contributed by atoms with van der Waals surface area (Å²) in [6.45, 7) is 4.31. The van der Waals surface area contributed by atoms with Gasteiger partial charge in [0.2, 0.25) is 0 Å². The smallest absolute Gasteiger partial charge is 0.253 e. The Morgan fingerprint density at radius 3 is 2.65 bits per heavy atom. The number of nitrogens with one attached hydrogen (secondary N) is 2. The van der Waals surface area contributed by atoms with Crippen LogP contribution < -0.4 is 10.6 Å². The van der Waals surface area contributed by atoms with Gasteiger partial charge in [-0.15, -0.1) is 24.0 Å². The fourth-order valence-corrected chi connectivity index (χ4v) is 3.00. The monoisotopic (exact) mass is 486 g/mol. The number of hydrogen-bond donors (Lipinski definition) is 2. The average molecular weight is 486 g/mol. The Hall–Kier alpha value is -1.61. The highest BCUT2D eigenvalue weighted by molar-refractivity contribution is 14.0. The first-order chi connectivity index (χ1) is 12.1. The van der Waals surface area contributed by atoms with E-state index in [1.165, 1.54) is 5.56 Å². The molecule has 7 heteroatoms. The topological polar surface area (TPSA) is 56.7 Å². The number of hydrogen-bond acceptors (Lipinski definition) is 3. The number of amides is 1. The number of carbonyl (C=O) groups is 1. The van der Waals surface area contributed by atoms with Crippen LogP contribution in [-0.2, 0) is 13.0 Å². The van der Waals surface area contributed by atoms with Crippen LogP contribution in [0, 0.1) is 0 Å². The van der Waals surface area contributed by atoms with E-state index >= 15 is 0 Å². The highest BCUT2D eigenvalue weighted by atomic mass is 127. The molecule has 0 unspecified atom stereocenters. The molecule has 1 aromatic heterocycles. The zero-order valence-corrected chi connectivity index (χ0v) is 18.6. The minimum absolute atomic E-state index is 0. The molecule has 0 radical (unpaired) electrons. The van der Waals surface area contributed by atoms with Gasteiger partial charge in [0.15, 0.2) is 5.96 Å². The summed E-state index contributed by atoms with van der Waals surface area (Å²) in [6.07, 6.45) is 0.831. The molecule has 1 aromatic carbocycles. The van der Waals surface area contributed by atoms with Crippen LogP contribution >= 0.6 is 35.3 Å². The average Bonchev–Trinajstić information content (AvgIpc) is 3.12. The fraction of sp³-hybridized carbons (Fsp3) is 0.368. The lowest BCUT2D eigenvalue weighted by Gasteiger charge is -2.13. The molecule has 0 fully saturated rings.